The van der Waals surface area contributed by atoms with Gasteiger partial charge in [0.1, 0.15) is 5.75 Å². The van der Waals surface area contributed by atoms with Gasteiger partial charge in [-0.3, -0.25) is 0 Å². The van der Waals surface area contributed by atoms with E-state index in [1.165, 1.54) is 16.9 Å². The largest absolute Gasteiger partial charge is 0.493 e. The Kier molecular flexibility index (Phi) is 4.39. The lowest BCUT2D eigenvalue weighted by molar-refractivity contribution is 0.322. The Balaban J connectivity index is 1.61. The topological polar surface area (TPSA) is 48.1 Å². The smallest absolute Gasteiger partial charge is 0.180 e. The van der Waals surface area contributed by atoms with Crippen molar-refractivity contribution in [3.8, 4) is 17.0 Å². The molecular formula is C18H18N2OS. The van der Waals surface area contributed by atoms with E-state index >= 15 is 0 Å². The van der Waals surface area contributed by atoms with Crippen molar-refractivity contribution in [1.29, 1.82) is 0 Å². The fourth-order valence-electron chi connectivity index (χ4n) is 2.33. The highest BCUT2D eigenvalue weighted by molar-refractivity contribution is 7.15. The van der Waals surface area contributed by atoms with Crippen LogP contribution in [0.3, 0.4) is 0 Å². The monoisotopic (exact) mass is 310 g/mol. The van der Waals surface area contributed by atoms with Gasteiger partial charge in [-0.25, -0.2) is 4.98 Å². The number of nitrogens with zero attached hydrogens (tertiary/aromatic N) is 1. The molecule has 2 aromatic carbocycles. The number of anilines is 1. The molecule has 0 saturated carbocycles. The molecule has 2 N–H and O–H groups in total. The maximum absolute atomic E-state index is 5.79. The number of hydrogen-bond donors (Lipinski definition) is 1. The molecule has 1 aromatic heterocycles. The van der Waals surface area contributed by atoms with E-state index in [1.807, 2.05) is 49.4 Å². The number of nitrogens with two attached hydrogens (primary N) is 1. The molecule has 0 bridgehead atoms. The number of rotatable bonds is 5. The van der Waals surface area contributed by atoms with Crippen molar-refractivity contribution in [2.75, 3.05) is 12.3 Å². The Morgan fingerprint density at radius 1 is 1.05 bits per heavy atom. The van der Waals surface area contributed by atoms with Crippen molar-refractivity contribution < 1.29 is 4.74 Å². The molecule has 112 valence electrons. The standard InChI is InChI=1S/C18H18N2OS/c1-13-17(20-18(19)22-13)15-7-9-16(10-8-15)21-12-11-14-5-3-2-4-6-14/h2-10H,11-12H2,1H3,(H2,19,20). The fraction of sp³-hybridized carbons (Fsp3) is 0.167. The summed E-state index contributed by atoms with van der Waals surface area (Å²) in [5.74, 6) is 0.875. The molecule has 0 aliphatic heterocycles. The predicted octanol–water partition coefficient (Wildman–Crippen LogP) is 4.32. The number of benzene rings is 2. The van der Waals surface area contributed by atoms with Crippen LogP contribution in [0.25, 0.3) is 11.3 Å². The number of nitrogen functional groups attached to an aromatic ring is 1. The van der Waals surface area contributed by atoms with Gasteiger partial charge >= 0.3 is 0 Å². The normalized spacial score (nSPS) is 10.6. The zero-order chi connectivity index (χ0) is 15.4. The van der Waals surface area contributed by atoms with Crippen molar-refractivity contribution in [3.05, 3.63) is 65.0 Å². The summed E-state index contributed by atoms with van der Waals surface area (Å²) in [5, 5.41) is 0.607. The fourth-order valence-corrected chi connectivity index (χ4v) is 3.04. The van der Waals surface area contributed by atoms with Gasteiger partial charge in [0.25, 0.3) is 0 Å². The van der Waals surface area contributed by atoms with Crippen molar-refractivity contribution >= 4 is 16.5 Å². The van der Waals surface area contributed by atoms with E-state index < -0.39 is 0 Å². The van der Waals surface area contributed by atoms with E-state index in [2.05, 4.69) is 17.1 Å². The number of thiazole rings is 1. The Hall–Kier alpha value is -2.33. The third kappa shape index (κ3) is 3.46. The minimum absolute atomic E-state index is 0.607. The van der Waals surface area contributed by atoms with Crippen LogP contribution in [0, 0.1) is 6.92 Å². The van der Waals surface area contributed by atoms with Crippen LogP contribution in [0.5, 0.6) is 5.75 Å². The first-order valence-electron chi connectivity index (χ1n) is 7.22. The van der Waals surface area contributed by atoms with E-state index in [0.717, 1.165) is 28.3 Å². The molecule has 0 aliphatic carbocycles. The highest BCUT2D eigenvalue weighted by Crippen LogP contribution is 2.29. The van der Waals surface area contributed by atoms with Crippen molar-refractivity contribution in [1.82, 2.24) is 4.98 Å². The molecule has 3 rings (SSSR count). The van der Waals surface area contributed by atoms with Crippen LogP contribution in [0.4, 0.5) is 5.13 Å². The average molecular weight is 310 g/mol. The lowest BCUT2D eigenvalue weighted by Crippen LogP contribution is -2.01. The summed E-state index contributed by atoms with van der Waals surface area (Å²) >= 11 is 1.52. The van der Waals surface area contributed by atoms with Gasteiger partial charge in [-0.2, -0.15) is 0 Å². The lowest BCUT2D eigenvalue weighted by Gasteiger charge is -2.07. The molecular weight excluding hydrogens is 292 g/mol. The SMILES string of the molecule is Cc1sc(N)nc1-c1ccc(OCCc2ccccc2)cc1. The first-order valence-corrected chi connectivity index (χ1v) is 8.04. The van der Waals surface area contributed by atoms with E-state index in [0.29, 0.717) is 11.7 Å². The summed E-state index contributed by atoms with van der Waals surface area (Å²) in [6.07, 6.45) is 0.907. The van der Waals surface area contributed by atoms with Crippen LogP contribution in [-0.2, 0) is 6.42 Å². The molecule has 0 saturated heterocycles. The minimum atomic E-state index is 0.607. The number of hydrogen-bond acceptors (Lipinski definition) is 4. The first kappa shape index (κ1) is 14.6. The highest BCUT2D eigenvalue weighted by Gasteiger charge is 2.08. The van der Waals surface area contributed by atoms with Gasteiger partial charge in [0.15, 0.2) is 5.13 Å². The molecule has 3 aromatic rings. The summed E-state index contributed by atoms with van der Waals surface area (Å²) in [7, 11) is 0. The van der Waals surface area contributed by atoms with Gasteiger partial charge in [-0.1, -0.05) is 30.3 Å². The van der Waals surface area contributed by atoms with Gasteiger partial charge in [0, 0.05) is 16.9 Å². The molecule has 22 heavy (non-hydrogen) atoms. The van der Waals surface area contributed by atoms with E-state index in [1.54, 1.807) is 0 Å². The first-order chi connectivity index (χ1) is 10.7. The van der Waals surface area contributed by atoms with E-state index in [9.17, 15) is 0 Å². The molecule has 1 heterocycles. The minimum Gasteiger partial charge on any atom is -0.493 e. The van der Waals surface area contributed by atoms with Crippen LogP contribution < -0.4 is 10.5 Å². The Morgan fingerprint density at radius 2 is 1.77 bits per heavy atom. The van der Waals surface area contributed by atoms with Crippen molar-refractivity contribution in [2.45, 2.75) is 13.3 Å². The Bertz CT molecular complexity index is 736. The third-order valence-corrected chi connectivity index (χ3v) is 4.24. The highest BCUT2D eigenvalue weighted by atomic mass is 32.1. The molecule has 0 unspecified atom stereocenters. The van der Waals surface area contributed by atoms with Crippen LogP contribution in [0.1, 0.15) is 10.4 Å². The second-order valence-corrected chi connectivity index (χ2v) is 6.30. The maximum atomic E-state index is 5.79. The molecule has 4 heteroatoms. The summed E-state index contributed by atoms with van der Waals surface area (Å²) in [6.45, 7) is 2.71. The van der Waals surface area contributed by atoms with Crippen LogP contribution in [0.15, 0.2) is 54.6 Å². The molecule has 0 spiro atoms. The molecule has 0 atom stereocenters. The van der Waals surface area contributed by atoms with E-state index in [4.69, 9.17) is 10.5 Å². The van der Waals surface area contributed by atoms with Crippen molar-refractivity contribution in [3.63, 3.8) is 0 Å². The summed E-state index contributed by atoms with van der Waals surface area (Å²) in [5.41, 5.74) is 9.06. The third-order valence-electron chi connectivity index (χ3n) is 3.44. The number of aromatic nitrogens is 1. The quantitative estimate of drug-likeness (QED) is 0.763. The summed E-state index contributed by atoms with van der Waals surface area (Å²) in [4.78, 5) is 5.50. The Labute approximate surface area is 134 Å². The molecule has 0 amide bonds. The molecule has 0 fully saturated rings. The molecule has 0 aliphatic rings. The zero-order valence-corrected chi connectivity index (χ0v) is 13.3. The maximum Gasteiger partial charge on any atom is 0.180 e. The average Bonchev–Trinajstić information content (AvgIpc) is 2.88. The van der Waals surface area contributed by atoms with Gasteiger partial charge in [-0.15, -0.1) is 11.3 Å². The predicted molar refractivity (Wildman–Crippen MR) is 92.3 cm³/mol. The molecule has 3 nitrogen and oxygen atoms in total. The Morgan fingerprint density at radius 3 is 2.41 bits per heavy atom. The number of ether oxygens (including phenoxy) is 1. The number of aryl methyl sites for hydroxylation is 1. The van der Waals surface area contributed by atoms with Crippen molar-refractivity contribution in [2.24, 2.45) is 0 Å². The van der Waals surface area contributed by atoms with Gasteiger partial charge < -0.3 is 10.5 Å². The summed E-state index contributed by atoms with van der Waals surface area (Å²) < 4.78 is 5.79. The molecule has 0 radical (unpaired) electrons. The van der Waals surface area contributed by atoms with Crippen LogP contribution in [0.2, 0.25) is 0 Å². The second kappa shape index (κ2) is 6.62. The lowest BCUT2D eigenvalue weighted by atomic mass is 10.1. The van der Waals surface area contributed by atoms with Gasteiger partial charge in [0.2, 0.25) is 0 Å². The van der Waals surface area contributed by atoms with Crippen LogP contribution >= 0.6 is 11.3 Å². The summed E-state index contributed by atoms with van der Waals surface area (Å²) in [6, 6.07) is 18.4. The second-order valence-electron chi connectivity index (χ2n) is 5.07. The van der Waals surface area contributed by atoms with Gasteiger partial charge in [-0.05, 0) is 36.8 Å². The zero-order valence-electron chi connectivity index (χ0n) is 12.5. The van der Waals surface area contributed by atoms with Crippen LogP contribution in [-0.4, -0.2) is 11.6 Å². The van der Waals surface area contributed by atoms with E-state index in [-0.39, 0.29) is 0 Å². The van der Waals surface area contributed by atoms with Gasteiger partial charge in [0.05, 0.1) is 12.3 Å².